The highest BCUT2D eigenvalue weighted by molar-refractivity contribution is 9.10. The van der Waals surface area contributed by atoms with E-state index >= 15 is 0 Å². The molecule has 2 aromatic rings. The molecule has 0 unspecified atom stereocenters. The van der Waals surface area contributed by atoms with E-state index in [4.69, 9.17) is 0 Å². The quantitative estimate of drug-likeness (QED) is 0.916. The number of hydrogen-bond donors (Lipinski definition) is 1. The Kier molecular flexibility index (Phi) is 3.98. The fourth-order valence-electron chi connectivity index (χ4n) is 2.70. The molecule has 1 aromatic heterocycles. The fraction of sp³-hybridized carbons (Fsp3) is 0.176. The predicted octanol–water partition coefficient (Wildman–Crippen LogP) is 2.59. The van der Waals surface area contributed by atoms with Crippen molar-refractivity contribution in [1.29, 1.82) is 0 Å². The van der Waals surface area contributed by atoms with Crippen molar-refractivity contribution < 1.29 is 4.79 Å². The zero-order valence-electron chi connectivity index (χ0n) is 12.1. The number of nitrogens with zero attached hydrogens (tertiary/aromatic N) is 1. The summed E-state index contributed by atoms with van der Waals surface area (Å²) in [6.07, 6.45) is 6.86. The molecule has 0 aliphatic heterocycles. The monoisotopic (exact) mass is 358 g/mol. The van der Waals surface area contributed by atoms with Crippen LogP contribution in [0.2, 0.25) is 0 Å². The van der Waals surface area contributed by atoms with Crippen molar-refractivity contribution in [3.63, 3.8) is 0 Å². The lowest BCUT2D eigenvalue weighted by molar-refractivity contribution is 0.0961. The molecule has 1 aliphatic rings. The second-order valence-corrected chi connectivity index (χ2v) is 6.10. The summed E-state index contributed by atoms with van der Waals surface area (Å²) in [5, 5.41) is 2.50. The van der Waals surface area contributed by atoms with Crippen molar-refractivity contribution >= 4 is 27.9 Å². The number of carbonyl (C=O) groups excluding carboxylic acids is 1. The molecule has 0 bridgehead atoms. The molecule has 0 saturated heterocycles. The number of halogens is 1. The maximum atomic E-state index is 12.5. The Hall–Kier alpha value is -2.14. The first kappa shape index (κ1) is 14.8. The number of nitrogens with one attached hydrogen (secondary N) is 1. The van der Waals surface area contributed by atoms with E-state index in [-0.39, 0.29) is 17.0 Å². The standard InChI is InChI=1S/C17H15BrN2O2/c1-19-16(21)15-8-13(18)10-20(17(15)22)9-12-6-2-4-11-5-3-7-14(11)12/h2-4,6-8,10H,5,9H2,1H3,(H,19,21). The van der Waals surface area contributed by atoms with E-state index in [9.17, 15) is 9.59 Å². The Morgan fingerprint density at radius 1 is 1.41 bits per heavy atom. The Balaban J connectivity index is 2.05. The van der Waals surface area contributed by atoms with Gasteiger partial charge < -0.3 is 9.88 Å². The summed E-state index contributed by atoms with van der Waals surface area (Å²) in [6.45, 7) is 0.440. The number of benzene rings is 1. The molecule has 1 N–H and O–H groups in total. The van der Waals surface area contributed by atoms with Crippen molar-refractivity contribution in [2.45, 2.75) is 13.0 Å². The highest BCUT2D eigenvalue weighted by atomic mass is 79.9. The first-order chi connectivity index (χ1) is 10.6. The minimum absolute atomic E-state index is 0.139. The number of fused-ring (bicyclic) bond motifs is 1. The van der Waals surface area contributed by atoms with Gasteiger partial charge in [0.2, 0.25) is 0 Å². The number of hydrogen-bond acceptors (Lipinski definition) is 2. The molecule has 5 heteroatoms. The summed E-state index contributed by atoms with van der Waals surface area (Å²) in [4.78, 5) is 24.3. The van der Waals surface area contributed by atoms with Crippen LogP contribution < -0.4 is 10.9 Å². The van der Waals surface area contributed by atoms with E-state index in [0.717, 1.165) is 12.0 Å². The zero-order valence-corrected chi connectivity index (χ0v) is 13.7. The highest BCUT2D eigenvalue weighted by Gasteiger charge is 2.15. The number of aromatic nitrogens is 1. The molecule has 0 fully saturated rings. The van der Waals surface area contributed by atoms with Crippen LogP contribution in [0, 0.1) is 0 Å². The van der Waals surface area contributed by atoms with Crippen molar-refractivity contribution in [2.24, 2.45) is 0 Å². The van der Waals surface area contributed by atoms with Gasteiger partial charge >= 0.3 is 0 Å². The van der Waals surface area contributed by atoms with Crippen LogP contribution in [0.1, 0.15) is 27.0 Å². The van der Waals surface area contributed by atoms with Gasteiger partial charge in [-0.05, 0) is 45.1 Å². The van der Waals surface area contributed by atoms with Crippen LogP contribution in [-0.2, 0) is 13.0 Å². The van der Waals surface area contributed by atoms with Gasteiger partial charge in [-0.25, -0.2) is 0 Å². The summed E-state index contributed by atoms with van der Waals surface area (Å²) in [5.74, 6) is -0.377. The van der Waals surface area contributed by atoms with Gasteiger partial charge in [-0.1, -0.05) is 30.4 Å². The molecule has 0 radical (unpaired) electrons. The van der Waals surface area contributed by atoms with Crippen molar-refractivity contribution in [3.8, 4) is 0 Å². The molecule has 1 aromatic carbocycles. The highest BCUT2D eigenvalue weighted by Crippen LogP contribution is 2.24. The third-order valence-corrected chi connectivity index (χ3v) is 4.21. The zero-order chi connectivity index (χ0) is 15.7. The maximum absolute atomic E-state index is 12.5. The van der Waals surface area contributed by atoms with Crippen LogP contribution in [0.5, 0.6) is 0 Å². The van der Waals surface area contributed by atoms with E-state index in [1.54, 1.807) is 16.8 Å². The third kappa shape index (κ3) is 2.64. The minimum atomic E-state index is -0.377. The molecule has 0 saturated carbocycles. The van der Waals surface area contributed by atoms with Crippen LogP contribution >= 0.6 is 15.9 Å². The van der Waals surface area contributed by atoms with Gasteiger partial charge in [0.05, 0.1) is 6.54 Å². The summed E-state index contributed by atoms with van der Waals surface area (Å²) >= 11 is 3.37. The van der Waals surface area contributed by atoms with Gasteiger partial charge in [0.25, 0.3) is 11.5 Å². The molecule has 3 rings (SSSR count). The van der Waals surface area contributed by atoms with Crippen LogP contribution in [0.25, 0.3) is 6.08 Å². The van der Waals surface area contributed by atoms with Gasteiger partial charge in [-0.2, -0.15) is 0 Å². The molecule has 0 spiro atoms. The second-order valence-electron chi connectivity index (χ2n) is 5.18. The number of allylic oxidation sites excluding steroid dienone is 1. The predicted molar refractivity (Wildman–Crippen MR) is 90.1 cm³/mol. The Bertz CT molecular complexity index is 837. The smallest absolute Gasteiger partial charge is 0.263 e. The van der Waals surface area contributed by atoms with E-state index in [1.165, 1.54) is 18.2 Å². The molecular weight excluding hydrogens is 344 g/mol. The molecule has 4 nitrogen and oxygen atoms in total. The molecule has 22 heavy (non-hydrogen) atoms. The largest absolute Gasteiger partial charge is 0.355 e. The van der Waals surface area contributed by atoms with Crippen LogP contribution in [0.3, 0.4) is 0 Å². The second kappa shape index (κ2) is 5.93. The van der Waals surface area contributed by atoms with Gasteiger partial charge in [0.15, 0.2) is 0 Å². The first-order valence-electron chi connectivity index (χ1n) is 6.99. The molecule has 0 atom stereocenters. The van der Waals surface area contributed by atoms with E-state index in [2.05, 4.69) is 39.5 Å². The summed E-state index contributed by atoms with van der Waals surface area (Å²) in [7, 11) is 1.52. The molecule has 112 valence electrons. The topological polar surface area (TPSA) is 51.1 Å². The molecule has 1 aliphatic carbocycles. The lowest BCUT2D eigenvalue weighted by atomic mass is 10.0. The van der Waals surface area contributed by atoms with Crippen LogP contribution in [0.15, 0.2) is 45.8 Å². The van der Waals surface area contributed by atoms with Gasteiger partial charge in [0, 0.05) is 17.7 Å². The normalized spacial score (nSPS) is 12.3. The summed E-state index contributed by atoms with van der Waals surface area (Å²) in [6, 6.07) is 7.66. The molecular formula is C17H15BrN2O2. The number of carbonyl (C=O) groups is 1. The van der Waals surface area contributed by atoms with Crippen molar-refractivity contribution in [1.82, 2.24) is 9.88 Å². The Labute approximate surface area is 136 Å². The lowest BCUT2D eigenvalue weighted by Gasteiger charge is -2.12. The Morgan fingerprint density at radius 2 is 2.23 bits per heavy atom. The fourth-order valence-corrected chi connectivity index (χ4v) is 3.17. The van der Waals surface area contributed by atoms with Crippen LogP contribution in [0.4, 0.5) is 0 Å². The third-order valence-electron chi connectivity index (χ3n) is 3.77. The van der Waals surface area contributed by atoms with E-state index < -0.39 is 0 Å². The average Bonchev–Trinajstić information content (AvgIpc) is 2.99. The molecule has 1 amide bonds. The molecule has 1 heterocycles. The minimum Gasteiger partial charge on any atom is -0.355 e. The van der Waals surface area contributed by atoms with Crippen molar-refractivity contribution in [2.75, 3.05) is 7.05 Å². The van der Waals surface area contributed by atoms with E-state index in [0.29, 0.717) is 11.0 Å². The summed E-state index contributed by atoms with van der Waals surface area (Å²) < 4.78 is 2.27. The van der Waals surface area contributed by atoms with Gasteiger partial charge in [0.1, 0.15) is 5.56 Å². The first-order valence-corrected chi connectivity index (χ1v) is 7.79. The van der Waals surface area contributed by atoms with Gasteiger partial charge in [-0.15, -0.1) is 0 Å². The van der Waals surface area contributed by atoms with Gasteiger partial charge in [-0.3, -0.25) is 9.59 Å². The Morgan fingerprint density at radius 3 is 3.00 bits per heavy atom. The average molecular weight is 359 g/mol. The lowest BCUT2D eigenvalue weighted by Crippen LogP contribution is -2.31. The summed E-state index contributed by atoms with van der Waals surface area (Å²) in [5.41, 5.74) is 3.37. The maximum Gasteiger partial charge on any atom is 0.263 e. The van der Waals surface area contributed by atoms with Crippen LogP contribution in [-0.4, -0.2) is 17.5 Å². The number of pyridine rings is 1. The van der Waals surface area contributed by atoms with E-state index in [1.807, 2.05) is 12.1 Å². The van der Waals surface area contributed by atoms with Crippen molar-refractivity contribution in [3.05, 3.63) is 73.6 Å². The number of amides is 1. The number of rotatable bonds is 3. The SMILES string of the molecule is CNC(=O)c1cc(Br)cn(Cc2cccc3c2C=CC3)c1=O.